The number of nitrogens with two attached hydrogens (primary N) is 1. The number of carbonyl (C=O) groups excluding carboxylic acids is 4. The topological polar surface area (TPSA) is 218 Å². The van der Waals surface area contributed by atoms with Crippen LogP contribution in [0.5, 0.6) is 5.75 Å². The zero-order valence-electron chi connectivity index (χ0n) is 40.7. The van der Waals surface area contributed by atoms with Crippen molar-refractivity contribution >= 4 is 41.2 Å². The van der Waals surface area contributed by atoms with Gasteiger partial charge in [-0.05, 0) is 77.8 Å². The third kappa shape index (κ3) is 15.4. The number of carbonyl (C=O) groups is 5. The van der Waals surface area contributed by atoms with E-state index < -0.39 is 53.4 Å². The van der Waals surface area contributed by atoms with Gasteiger partial charge in [-0.3, -0.25) is 19.2 Å². The van der Waals surface area contributed by atoms with Gasteiger partial charge < -0.3 is 41.8 Å². The number of hydrogen-bond donors (Lipinski definition) is 7. The van der Waals surface area contributed by atoms with Crippen molar-refractivity contribution in [3.8, 4) is 5.75 Å². The Bertz CT molecular complexity index is 2550. The molecule has 4 amide bonds. The van der Waals surface area contributed by atoms with E-state index in [2.05, 4.69) is 64.6 Å². The van der Waals surface area contributed by atoms with Crippen LogP contribution in [0, 0.1) is 0 Å². The van der Waals surface area contributed by atoms with Gasteiger partial charge in [-0.2, -0.15) is 0 Å². The van der Waals surface area contributed by atoms with Crippen LogP contribution in [0.25, 0.3) is 0 Å². The summed E-state index contributed by atoms with van der Waals surface area (Å²) in [5.74, 6) is -3.42. The molecule has 72 heavy (non-hydrogen) atoms. The number of rotatable bonds is 28. The number of amides is 4. The van der Waals surface area contributed by atoms with E-state index >= 15 is 0 Å². The predicted molar refractivity (Wildman–Crippen MR) is 279 cm³/mol. The van der Waals surface area contributed by atoms with Crippen molar-refractivity contribution in [3.63, 3.8) is 0 Å². The third-order valence-electron chi connectivity index (χ3n) is 12.7. The number of nitrogens with one attached hydrogen (secondary N) is 4. The van der Waals surface area contributed by atoms with E-state index in [1.807, 2.05) is 65.4 Å². The molecule has 0 spiro atoms. The second-order valence-corrected chi connectivity index (χ2v) is 18.6. The number of halogens is 1. The number of hydrogen-bond acceptors (Lipinski definition) is 8. The van der Waals surface area contributed by atoms with Gasteiger partial charge in [0.2, 0.25) is 23.6 Å². The predicted octanol–water partition coefficient (Wildman–Crippen LogP) is 7.62. The number of carboxylic acids is 1. The lowest BCUT2D eigenvalue weighted by Crippen LogP contribution is -2.58. The van der Waals surface area contributed by atoms with E-state index in [4.69, 9.17) is 22.3 Å². The molecule has 4 atom stereocenters. The standard InChI is InChI=1S/C57H66ClN7O7/c1-2-3-4-5-15-25-52(67)60-34-17-16-24-49(54(69)63-50(35-40-26-30-45(58)31-27-40)55(70)64-51(56(71)72)36-41-28-32-47(66)33-29-41)62-53(68)48(59)37-46-38-65(39-61-46)57(42-18-9-6-10-19-42,43-20-11-7-12-21-43)44-22-13-8-14-23-44/h6-14,18-23,26-33,38-39,48-51,66H,2-5,15-17,24-25,34-37,59H2,1H3,(H,60,67)(H,62,68)(H,63,69)(H,64,70)(H,71,72)/t48-,49-,50+,51+/m0/s1. The van der Waals surface area contributed by atoms with Gasteiger partial charge in [0.1, 0.15) is 29.4 Å². The molecule has 0 aliphatic carbocycles. The van der Waals surface area contributed by atoms with Crippen molar-refractivity contribution in [1.29, 1.82) is 0 Å². The molecule has 8 N–H and O–H groups in total. The van der Waals surface area contributed by atoms with Crippen molar-refractivity contribution in [2.24, 2.45) is 5.73 Å². The average molecular weight is 997 g/mol. The lowest BCUT2D eigenvalue weighted by atomic mass is 9.77. The van der Waals surface area contributed by atoms with Gasteiger partial charge in [0.25, 0.3) is 0 Å². The summed E-state index contributed by atoms with van der Waals surface area (Å²) >= 11 is 6.17. The van der Waals surface area contributed by atoms with Crippen LogP contribution in [0.1, 0.15) is 98.2 Å². The maximum absolute atomic E-state index is 14.5. The van der Waals surface area contributed by atoms with Gasteiger partial charge in [0.05, 0.1) is 18.1 Å². The first-order valence-electron chi connectivity index (χ1n) is 24.8. The number of benzene rings is 5. The van der Waals surface area contributed by atoms with Crippen LogP contribution < -0.4 is 27.0 Å². The molecule has 6 rings (SSSR count). The highest BCUT2D eigenvalue weighted by Gasteiger charge is 2.39. The maximum Gasteiger partial charge on any atom is 0.326 e. The first-order valence-corrected chi connectivity index (χ1v) is 25.1. The highest BCUT2D eigenvalue weighted by atomic mass is 35.5. The lowest BCUT2D eigenvalue weighted by molar-refractivity contribution is -0.142. The van der Waals surface area contributed by atoms with Crippen LogP contribution >= 0.6 is 11.6 Å². The summed E-state index contributed by atoms with van der Waals surface area (Å²) in [6.07, 6.45) is 10.1. The van der Waals surface area contributed by atoms with Gasteiger partial charge >= 0.3 is 5.97 Å². The molecule has 1 aromatic heterocycles. The highest BCUT2D eigenvalue weighted by molar-refractivity contribution is 6.30. The molecule has 1 heterocycles. The number of aliphatic carboxylic acids is 1. The quantitative estimate of drug-likeness (QED) is 0.0190. The maximum atomic E-state index is 14.5. The van der Waals surface area contributed by atoms with E-state index in [9.17, 15) is 34.2 Å². The zero-order valence-corrected chi connectivity index (χ0v) is 41.5. The van der Waals surface area contributed by atoms with Crippen LogP contribution in [-0.4, -0.2) is 80.1 Å². The normalized spacial score (nSPS) is 13.0. The summed E-state index contributed by atoms with van der Waals surface area (Å²) in [5, 5.41) is 31.6. The highest BCUT2D eigenvalue weighted by Crippen LogP contribution is 2.40. The molecule has 5 aromatic carbocycles. The van der Waals surface area contributed by atoms with Crippen LogP contribution in [0.2, 0.25) is 5.02 Å². The summed E-state index contributed by atoms with van der Waals surface area (Å²) in [7, 11) is 0. The molecule has 0 aliphatic rings. The Morgan fingerprint density at radius 2 is 1.14 bits per heavy atom. The van der Waals surface area contributed by atoms with Gasteiger partial charge in [-0.1, -0.05) is 159 Å². The average Bonchev–Trinajstić information content (AvgIpc) is 3.85. The lowest BCUT2D eigenvalue weighted by Gasteiger charge is -2.37. The van der Waals surface area contributed by atoms with Gasteiger partial charge in [0.15, 0.2) is 0 Å². The number of aromatic hydroxyl groups is 1. The van der Waals surface area contributed by atoms with Gasteiger partial charge in [-0.25, -0.2) is 9.78 Å². The number of phenolic OH excluding ortho intramolecular Hbond substituents is 1. The van der Waals surface area contributed by atoms with Crippen molar-refractivity contribution in [2.45, 2.75) is 114 Å². The number of aromatic nitrogens is 2. The number of imidazole rings is 1. The van der Waals surface area contributed by atoms with E-state index in [0.717, 1.165) is 48.8 Å². The Kier molecular flexibility index (Phi) is 20.5. The molecule has 0 fully saturated rings. The smallest absolute Gasteiger partial charge is 0.326 e. The fourth-order valence-electron chi connectivity index (χ4n) is 8.86. The van der Waals surface area contributed by atoms with E-state index in [1.54, 1.807) is 42.7 Å². The minimum atomic E-state index is -1.38. The van der Waals surface area contributed by atoms with Crippen molar-refractivity contribution < 1.29 is 34.2 Å². The summed E-state index contributed by atoms with van der Waals surface area (Å²) in [6, 6.07) is 37.9. The Hall–Kier alpha value is -7.29. The Balaban J connectivity index is 1.21. The molecule has 0 saturated heterocycles. The Morgan fingerprint density at radius 3 is 1.71 bits per heavy atom. The number of carboxylic acid groups (broad SMARTS) is 1. The van der Waals surface area contributed by atoms with Crippen LogP contribution in [-0.2, 0) is 48.8 Å². The zero-order chi connectivity index (χ0) is 51.3. The number of nitrogens with zero attached hydrogens (tertiary/aromatic N) is 2. The third-order valence-corrected chi connectivity index (χ3v) is 13.0. The second-order valence-electron chi connectivity index (χ2n) is 18.1. The summed E-state index contributed by atoms with van der Waals surface area (Å²) in [5.41, 5.74) is 10.5. The van der Waals surface area contributed by atoms with E-state index in [1.165, 1.54) is 12.1 Å². The fraction of sp³-hybridized carbons (Fsp3) is 0.333. The second kappa shape index (κ2) is 27.4. The molecule has 15 heteroatoms. The summed E-state index contributed by atoms with van der Waals surface area (Å²) < 4.78 is 2.03. The summed E-state index contributed by atoms with van der Waals surface area (Å²) in [6.45, 7) is 2.51. The molecule has 378 valence electrons. The minimum Gasteiger partial charge on any atom is -0.508 e. The molecule has 0 bridgehead atoms. The Morgan fingerprint density at radius 1 is 0.625 bits per heavy atom. The molecular formula is C57H66ClN7O7. The van der Waals surface area contributed by atoms with E-state index in [-0.39, 0.29) is 37.3 Å². The van der Waals surface area contributed by atoms with Crippen molar-refractivity contribution in [3.05, 3.63) is 191 Å². The van der Waals surface area contributed by atoms with E-state index in [0.29, 0.717) is 47.7 Å². The molecule has 0 unspecified atom stereocenters. The van der Waals surface area contributed by atoms with Crippen LogP contribution in [0.4, 0.5) is 0 Å². The van der Waals surface area contributed by atoms with Crippen molar-refractivity contribution in [1.82, 2.24) is 30.8 Å². The SMILES string of the molecule is CCCCCCCC(=O)NCCCC[C@H](NC(=O)[C@@H](N)Cc1cn(C(c2ccccc2)(c2ccccc2)c2ccccc2)cn1)C(=O)N[C@H](Cc1ccc(Cl)cc1)C(=O)N[C@H](Cc1ccc(O)cc1)C(=O)O. The number of phenols is 1. The molecule has 14 nitrogen and oxygen atoms in total. The minimum absolute atomic E-state index is 0.00394. The monoisotopic (exact) mass is 995 g/mol. The Labute approximate surface area is 426 Å². The van der Waals surface area contributed by atoms with Gasteiger partial charge in [-0.15, -0.1) is 0 Å². The van der Waals surface area contributed by atoms with Crippen LogP contribution in [0.15, 0.2) is 152 Å². The first kappa shape index (κ1) is 54.1. The largest absolute Gasteiger partial charge is 0.508 e. The van der Waals surface area contributed by atoms with Crippen LogP contribution in [0.3, 0.4) is 0 Å². The molecule has 0 saturated carbocycles. The molecular weight excluding hydrogens is 930 g/mol. The number of unbranched alkanes of at least 4 members (excludes halogenated alkanes) is 5. The van der Waals surface area contributed by atoms with Gasteiger partial charge in [0, 0.05) is 43.4 Å². The molecule has 0 radical (unpaired) electrons. The van der Waals surface area contributed by atoms with Crippen molar-refractivity contribution in [2.75, 3.05) is 6.54 Å². The molecule has 0 aliphatic heterocycles. The first-order chi connectivity index (χ1) is 34.9. The molecule has 6 aromatic rings. The summed E-state index contributed by atoms with van der Waals surface area (Å²) in [4.78, 5) is 72.5. The fourth-order valence-corrected chi connectivity index (χ4v) is 8.99.